The van der Waals surface area contributed by atoms with E-state index < -0.39 is 41.7 Å². The van der Waals surface area contributed by atoms with Crippen LogP contribution in [0.15, 0.2) is 24.3 Å². The van der Waals surface area contributed by atoms with Crippen LogP contribution in [-0.4, -0.2) is 151 Å². The van der Waals surface area contributed by atoms with E-state index in [0.29, 0.717) is 38.8 Å². The lowest BCUT2D eigenvalue weighted by Gasteiger charge is -2.57. The van der Waals surface area contributed by atoms with E-state index in [1.54, 1.807) is 0 Å². The number of likely N-dealkylation sites (N-methyl/N-ethyl adjacent to an activating group) is 2. The minimum absolute atomic E-state index is 0.0298. The highest BCUT2D eigenvalue weighted by molar-refractivity contribution is 5.90. The van der Waals surface area contributed by atoms with Gasteiger partial charge >= 0.3 is 11.9 Å². The van der Waals surface area contributed by atoms with Gasteiger partial charge in [-0.3, -0.25) is 24.2 Å². The molecule has 4 heterocycles. The molecule has 2 N–H and O–H groups in total. The maximum absolute atomic E-state index is 14.9. The van der Waals surface area contributed by atoms with Crippen LogP contribution in [-0.2, 0) is 23.9 Å². The fraction of sp³-hybridized carbons (Fsp3) is 0.821. The summed E-state index contributed by atoms with van der Waals surface area (Å²) >= 11 is 0. The van der Waals surface area contributed by atoms with Gasteiger partial charge in [-0.1, -0.05) is 24.3 Å². The van der Waals surface area contributed by atoms with Crippen molar-refractivity contribution in [3.63, 3.8) is 0 Å². The number of allylic oxidation sites excluding steroid dienone is 2. The number of aliphatic hydroxyl groups excluding tert-OH is 1. The van der Waals surface area contributed by atoms with Crippen molar-refractivity contribution in [1.29, 1.82) is 0 Å². The summed E-state index contributed by atoms with van der Waals surface area (Å²) in [5.41, 5.74) is -0.543. The van der Waals surface area contributed by atoms with Gasteiger partial charge in [-0.25, -0.2) is 0 Å². The van der Waals surface area contributed by atoms with Gasteiger partial charge in [0.1, 0.15) is 18.0 Å². The summed E-state index contributed by atoms with van der Waals surface area (Å²) in [5, 5.41) is 23.3. The van der Waals surface area contributed by atoms with Crippen molar-refractivity contribution in [2.75, 3.05) is 86.1 Å². The van der Waals surface area contributed by atoms with Crippen LogP contribution in [0.1, 0.15) is 44.9 Å². The van der Waals surface area contributed by atoms with Crippen molar-refractivity contribution in [3.8, 4) is 0 Å². The number of piperazine rings is 2. The molecule has 1 spiro atoms. The maximum Gasteiger partial charge on any atom is 0.310 e. The van der Waals surface area contributed by atoms with Crippen LogP contribution in [0.4, 0.5) is 0 Å². The van der Waals surface area contributed by atoms with Crippen LogP contribution < -0.4 is 0 Å². The zero-order chi connectivity index (χ0) is 35.1. The average molecular weight is 695 g/mol. The Bertz CT molecular complexity index is 1410. The van der Waals surface area contributed by atoms with Crippen LogP contribution in [0.5, 0.6) is 0 Å². The van der Waals surface area contributed by atoms with Gasteiger partial charge in [0.05, 0.1) is 24.0 Å². The first-order chi connectivity index (χ1) is 23.9. The zero-order valence-electron chi connectivity index (χ0n) is 30.1. The van der Waals surface area contributed by atoms with Crippen molar-refractivity contribution < 1.29 is 34.1 Å². The number of hydrogen-bond donors (Lipinski definition) is 2. The molecule has 4 aliphatic heterocycles. The number of fused-ring (bicyclic) bond motifs is 8. The number of ether oxygens (including phenoxy) is 2. The van der Waals surface area contributed by atoms with Gasteiger partial charge < -0.3 is 29.5 Å². The molecule has 8 aliphatic rings. The lowest BCUT2D eigenvalue weighted by atomic mass is 9.48. The highest BCUT2D eigenvalue weighted by atomic mass is 16.6. The average Bonchev–Trinajstić information content (AvgIpc) is 3.60. The van der Waals surface area contributed by atoms with E-state index in [1.165, 1.54) is 0 Å². The number of carbonyl (C=O) groups is 3. The summed E-state index contributed by atoms with van der Waals surface area (Å²) in [7, 11) is 4.24. The summed E-state index contributed by atoms with van der Waals surface area (Å²) in [5.74, 6) is -2.66. The van der Waals surface area contributed by atoms with Gasteiger partial charge in [-0.2, -0.15) is 0 Å². The van der Waals surface area contributed by atoms with E-state index in [0.717, 1.165) is 76.3 Å². The first-order valence-electron chi connectivity index (χ1n) is 19.4. The third-order valence-corrected chi connectivity index (χ3v) is 15.1. The monoisotopic (exact) mass is 694 g/mol. The summed E-state index contributed by atoms with van der Waals surface area (Å²) in [6.07, 6.45) is 2.71. The Morgan fingerprint density at radius 3 is 1.76 bits per heavy atom. The maximum atomic E-state index is 14.9. The number of nitrogens with zero attached hydrogens (tertiary/aromatic N) is 4. The number of rotatable bonds is 5. The molecule has 0 amide bonds. The van der Waals surface area contributed by atoms with Crippen LogP contribution in [0.3, 0.4) is 0 Å². The van der Waals surface area contributed by atoms with Gasteiger partial charge in [0.2, 0.25) is 0 Å². The van der Waals surface area contributed by atoms with Gasteiger partial charge in [-0.05, 0) is 58.5 Å². The summed E-state index contributed by atoms with van der Waals surface area (Å²) in [6.45, 7) is 17.4. The normalized spacial score (nSPS) is 46.2. The molecule has 11 nitrogen and oxygen atoms in total. The van der Waals surface area contributed by atoms with Crippen molar-refractivity contribution in [2.45, 2.75) is 62.8 Å². The minimum Gasteiger partial charge on any atom is -0.461 e. The highest BCUT2D eigenvalue weighted by Crippen LogP contribution is 2.68. The Labute approximate surface area is 297 Å². The van der Waals surface area contributed by atoms with E-state index in [-0.39, 0.29) is 59.7 Å². The molecule has 4 aliphatic carbocycles. The second-order valence-electron chi connectivity index (χ2n) is 17.5. The number of aliphatic hydroxyl groups is 2. The fourth-order valence-electron chi connectivity index (χ4n) is 12.3. The lowest BCUT2D eigenvalue weighted by Crippen LogP contribution is -2.63. The minimum atomic E-state index is -1.54. The summed E-state index contributed by atoms with van der Waals surface area (Å²) in [6, 6.07) is 0. The van der Waals surface area contributed by atoms with Crippen molar-refractivity contribution in [1.82, 2.24) is 19.6 Å². The summed E-state index contributed by atoms with van der Waals surface area (Å²) in [4.78, 5) is 51.9. The van der Waals surface area contributed by atoms with Gasteiger partial charge in [0.25, 0.3) is 0 Å². The van der Waals surface area contributed by atoms with E-state index in [9.17, 15) is 24.6 Å². The smallest absolute Gasteiger partial charge is 0.310 e. The molecule has 4 saturated carbocycles. The molecular formula is C39H58N4O7. The van der Waals surface area contributed by atoms with E-state index in [1.807, 2.05) is 0 Å². The molecular weight excluding hydrogens is 636 g/mol. The second kappa shape index (κ2) is 13.1. The summed E-state index contributed by atoms with van der Waals surface area (Å²) < 4.78 is 12.8. The molecule has 8 rings (SSSR count). The molecule has 0 aromatic carbocycles. The van der Waals surface area contributed by atoms with Crippen LogP contribution in [0.2, 0.25) is 0 Å². The lowest BCUT2D eigenvalue weighted by molar-refractivity contribution is -0.196. The van der Waals surface area contributed by atoms with Crippen LogP contribution in [0.25, 0.3) is 0 Å². The van der Waals surface area contributed by atoms with E-state index in [2.05, 4.69) is 46.9 Å². The molecule has 4 saturated heterocycles. The molecule has 11 heteroatoms. The third kappa shape index (κ3) is 5.47. The van der Waals surface area contributed by atoms with Gasteiger partial charge in [-0.15, -0.1) is 0 Å². The number of carbonyl (C=O) groups excluding carboxylic acids is 3. The fourth-order valence-corrected chi connectivity index (χ4v) is 12.3. The number of hydrogen-bond acceptors (Lipinski definition) is 11. The van der Waals surface area contributed by atoms with Gasteiger partial charge in [0.15, 0.2) is 0 Å². The molecule has 8 fully saturated rings. The number of esters is 2. The van der Waals surface area contributed by atoms with Crippen LogP contribution in [0, 0.1) is 52.8 Å². The predicted molar refractivity (Wildman–Crippen MR) is 186 cm³/mol. The SMILES string of the molecule is C=C1CC[C@H]2C(CN3CCN(C)CC3)C(=O)O[C@@H]2[C@@H]2[C@H]1CC(=O)[C@]21CC[C@@](O)(CO)[C@@H]2[C@H]3OC(=O)C(CN4CCN(C)CC4)[C@@H]3CCC(=C)[C@@H]21. The molecule has 0 bridgehead atoms. The quantitative estimate of drug-likeness (QED) is 0.321. The second-order valence-corrected chi connectivity index (χ2v) is 17.5. The van der Waals surface area contributed by atoms with Gasteiger partial charge in [0, 0.05) is 107 Å². The standard InChI is InChI=1S/C39H58N4O7/c1-23-5-7-25-28(20-42-15-11-40(3)12-16-42)36(46)49-34(25)32-27(23)19-30(45)39(32)10-9-38(48,22-44)33-31(39)24(2)6-8-26-29(37(47)50-35(26)33)21-43-17-13-41(4)14-18-43/h25-29,31-35,44,48H,1-2,5-22H2,3-4H3/t25-,26-,27-,28?,29?,31-,32-,33-,34-,35-,38+,39-/m0/s1. The van der Waals surface area contributed by atoms with E-state index in [4.69, 9.17) is 9.47 Å². The van der Waals surface area contributed by atoms with Crippen molar-refractivity contribution in [3.05, 3.63) is 24.3 Å². The topological polar surface area (TPSA) is 123 Å². The number of Topliss-reactive ketones (excluding diaryl/α,β-unsaturated/α-hetero) is 1. The van der Waals surface area contributed by atoms with E-state index >= 15 is 0 Å². The Morgan fingerprint density at radius 2 is 1.24 bits per heavy atom. The zero-order valence-corrected chi connectivity index (χ0v) is 30.1. The molecule has 0 radical (unpaired) electrons. The first kappa shape index (κ1) is 34.9. The largest absolute Gasteiger partial charge is 0.461 e. The number of ketones is 1. The molecule has 12 atom stereocenters. The molecule has 0 aromatic heterocycles. The Kier molecular flexibility index (Phi) is 9.12. The molecule has 276 valence electrons. The predicted octanol–water partition coefficient (Wildman–Crippen LogP) is 1.44. The molecule has 50 heavy (non-hydrogen) atoms. The molecule has 0 aromatic rings. The highest BCUT2D eigenvalue weighted by Gasteiger charge is 2.73. The molecule has 2 unspecified atom stereocenters. The third-order valence-electron chi connectivity index (χ3n) is 15.1. The first-order valence-corrected chi connectivity index (χ1v) is 19.4. The van der Waals surface area contributed by atoms with Crippen molar-refractivity contribution in [2.24, 2.45) is 52.8 Å². The Morgan fingerprint density at radius 1 is 0.740 bits per heavy atom. The Balaban J connectivity index is 1.15. The van der Waals surface area contributed by atoms with Crippen LogP contribution >= 0.6 is 0 Å². The van der Waals surface area contributed by atoms with Crippen molar-refractivity contribution >= 4 is 17.7 Å². The Hall–Kier alpha value is -2.15.